The molecule has 0 saturated heterocycles. The molecule has 0 aromatic heterocycles. The first-order valence-corrected chi connectivity index (χ1v) is 13.5. The fourth-order valence-electron chi connectivity index (χ4n) is 8.75. The zero-order valence-electron chi connectivity index (χ0n) is 20.6. The molecule has 0 spiro atoms. The van der Waals surface area contributed by atoms with Crippen LogP contribution in [-0.2, 0) is 0 Å². The molecule has 1 heterocycles. The molecule has 2 heteroatoms. The number of rotatable bonds is 4. The number of hydrogen-bond acceptors (Lipinski definition) is 2. The van der Waals surface area contributed by atoms with E-state index in [1.807, 2.05) is 5.57 Å². The summed E-state index contributed by atoms with van der Waals surface area (Å²) in [4.78, 5) is 4.99. The molecule has 172 valence electrons. The van der Waals surface area contributed by atoms with Crippen molar-refractivity contribution in [1.29, 1.82) is 0 Å². The van der Waals surface area contributed by atoms with Gasteiger partial charge in [-0.25, -0.2) is 0 Å². The number of allylic oxidation sites excluding steroid dienone is 3. The van der Waals surface area contributed by atoms with Gasteiger partial charge in [-0.05, 0) is 105 Å². The van der Waals surface area contributed by atoms with Gasteiger partial charge in [0, 0.05) is 24.2 Å². The lowest BCUT2D eigenvalue weighted by Gasteiger charge is -2.47. The molecule has 31 heavy (non-hydrogen) atoms. The Morgan fingerprint density at radius 3 is 2.71 bits per heavy atom. The van der Waals surface area contributed by atoms with E-state index in [0.717, 1.165) is 54.4 Å². The van der Waals surface area contributed by atoms with Crippen LogP contribution < -0.4 is 5.73 Å². The smallest absolute Gasteiger partial charge is 0.0395 e. The van der Waals surface area contributed by atoms with Crippen LogP contribution in [0.15, 0.2) is 28.3 Å². The molecule has 2 nitrogen and oxygen atoms in total. The van der Waals surface area contributed by atoms with Gasteiger partial charge in [-0.15, -0.1) is 0 Å². The molecule has 2 fully saturated rings. The van der Waals surface area contributed by atoms with Crippen LogP contribution in [0.25, 0.3) is 0 Å². The molecule has 5 rings (SSSR count). The van der Waals surface area contributed by atoms with Gasteiger partial charge in [0.05, 0.1) is 0 Å². The number of aliphatic imine (C=N–C) groups is 1. The minimum atomic E-state index is 0.391. The van der Waals surface area contributed by atoms with Gasteiger partial charge in [0.1, 0.15) is 0 Å². The molecule has 2 N–H and O–H groups in total. The predicted molar refractivity (Wildman–Crippen MR) is 132 cm³/mol. The van der Waals surface area contributed by atoms with Crippen molar-refractivity contribution in [2.75, 3.05) is 6.54 Å². The van der Waals surface area contributed by atoms with Crippen LogP contribution >= 0.6 is 0 Å². The van der Waals surface area contributed by atoms with Crippen molar-refractivity contribution in [2.24, 2.45) is 57.6 Å². The summed E-state index contributed by atoms with van der Waals surface area (Å²) in [7, 11) is 0. The second-order valence-corrected chi connectivity index (χ2v) is 12.5. The maximum atomic E-state index is 6.32. The fourth-order valence-corrected chi connectivity index (χ4v) is 8.75. The Balaban J connectivity index is 1.32. The van der Waals surface area contributed by atoms with Crippen LogP contribution in [0.3, 0.4) is 0 Å². The highest BCUT2D eigenvalue weighted by Crippen LogP contribution is 2.62. The Labute approximate surface area is 191 Å². The van der Waals surface area contributed by atoms with Gasteiger partial charge < -0.3 is 5.73 Å². The zero-order chi connectivity index (χ0) is 21.8. The van der Waals surface area contributed by atoms with Crippen LogP contribution in [0.1, 0.15) is 91.9 Å². The zero-order valence-corrected chi connectivity index (χ0v) is 20.6. The number of fused-ring (bicyclic) bond motifs is 4. The normalized spacial score (nSPS) is 43.4. The second kappa shape index (κ2) is 8.47. The molecule has 8 atom stereocenters. The quantitative estimate of drug-likeness (QED) is 0.489. The van der Waals surface area contributed by atoms with Gasteiger partial charge >= 0.3 is 0 Å². The lowest BCUT2D eigenvalue weighted by molar-refractivity contribution is 0.0837. The molecule has 0 aromatic carbocycles. The molecule has 5 aliphatic rings. The molecule has 0 aromatic rings. The van der Waals surface area contributed by atoms with Crippen LogP contribution in [-0.4, -0.2) is 18.3 Å². The van der Waals surface area contributed by atoms with Crippen molar-refractivity contribution in [2.45, 2.75) is 97.9 Å². The third-order valence-electron chi connectivity index (χ3n) is 10.4. The average molecular weight is 423 g/mol. The number of hydrogen-bond donors (Lipinski definition) is 1. The maximum absolute atomic E-state index is 6.32. The minimum Gasteiger partial charge on any atom is -0.327 e. The Morgan fingerprint density at radius 1 is 1.06 bits per heavy atom. The van der Waals surface area contributed by atoms with Crippen molar-refractivity contribution < 1.29 is 0 Å². The van der Waals surface area contributed by atoms with E-state index >= 15 is 0 Å². The van der Waals surface area contributed by atoms with Gasteiger partial charge in [0.2, 0.25) is 0 Å². The van der Waals surface area contributed by atoms with Crippen molar-refractivity contribution in [3.05, 3.63) is 23.3 Å². The highest BCUT2D eigenvalue weighted by Gasteiger charge is 2.53. The van der Waals surface area contributed by atoms with E-state index in [-0.39, 0.29) is 0 Å². The van der Waals surface area contributed by atoms with Gasteiger partial charge in [0.15, 0.2) is 0 Å². The van der Waals surface area contributed by atoms with Gasteiger partial charge in [0.25, 0.3) is 0 Å². The average Bonchev–Trinajstić information content (AvgIpc) is 3.28. The van der Waals surface area contributed by atoms with Crippen LogP contribution in [0.2, 0.25) is 0 Å². The summed E-state index contributed by atoms with van der Waals surface area (Å²) in [5, 5.41) is 0. The summed E-state index contributed by atoms with van der Waals surface area (Å²) < 4.78 is 0. The van der Waals surface area contributed by atoms with Gasteiger partial charge in [-0.1, -0.05) is 51.0 Å². The summed E-state index contributed by atoms with van der Waals surface area (Å²) in [5.41, 5.74) is 12.0. The Kier molecular flexibility index (Phi) is 5.99. The lowest BCUT2D eigenvalue weighted by atomic mass is 9.57. The largest absolute Gasteiger partial charge is 0.327 e. The van der Waals surface area contributed by atoms with E-state index in [1.165, 1.54) is 57.8 Å². The van der Waals surface area contributed by atoms with E-state index < -0.39 is 0 Å². The third kappa shape index (κ3) is 3.90. The molecule has 4 aliphatic carbocycles. The molecule has 1 aliphatic heterocycles. The van der Waals surface area contributed by atoms with Crippen molar-refractivity contribution in [3.63, 3.8) is 0 Å². The molecular formula is C29H46N2. The highest BCUT2D eigenvalue weighted by molar-refractivity contribution is 5.88. The highest BCUT2D eigenvalue weighted by atomic mass is 14.8. The van der Waals surface area contributed by atoms with E-state index in [9.17, 15) is 0 Å². The monoisotopic (exact) mass is 422 g/mol. The Morgan fingerprint density at radius 2 is 1.90 bits per heavy atom. The van der Waals surface area contributed by atoms with Crippen molar-refractivity contribution in [1.82, 2.24) is 0 Å². The third-order valence-corrected chi connectivity index (χ3v) is 10.4. The molecule has 0 amide bonds. The molecule has 0 bridgehead atoms. The summed E-state index contributed by atoms with van der Waals surface area (Å²) in [6.07, 6.45) is 18.4. The predicted octanol–water partition coefficient (Wildman–Crippen LogP) is 6.96. The van der Waals surface area contributed by atoms with E-state index in [4.69, 9.17) is 10.7 Å². The molecular weight excluding hydrogens is 376 g/mol. The second-order valence-electron chi connectivity index (χ2n) is 12.5. The Bertz CT molecular complexity index is 774. The van der Waals surface area contributed by atoms with Crippen LogP contribution in [0.5, 0.6) is 0 Å². The molecule has 2 saturated carbocycles. The number of nitrogens with zero attached hydrogens (tertiary/aromatic N) is 1. The topological polar surface area (TPSA) is 38.4 Å². The van der Waals surface area contributed by atoms with E-state index in [1.54, 1.807) is 11.3 Å². The number of nitrogens with two attached hydrogens (primary N) is 1. The van der Waals surface area contributed by atoms with Gasteiger partial charge in [-0.3, -0.25) is 4.99 Å². The first-order valence-electron chi connectivity index (χ1n) is 13.5. The van der Waals surface area contributed by atoms with E-state index in [2.05, 4.69) is 39.8 Å². The molecule has 0 radical (unpaired) electrons. The minimum absolute atomic E-state index is 0.391. The van der Waals surface area contributed by atoms with Crippen molar-refractivity contribution in [3.8, 4) is 0 Å². The first kappa shape index (κ1) is 21.9. The molecule has 5 unspecified atom stereocenters. The van der Waals surface area contributed by atoms with E-state index in [0.29, 0.717) is 11.5 Å². The lowest BCUT2D eigenvalue weighted by Crippen LogP contribution is -2.39. The van der Waals surface area contributed by atoms with Crippen LogP contribution in [0.4, 0.5) is 0 Å². The van der Waals surface area contributed by atoms with Crippen LogP contribution in [0, 0.1) is 46.8 Å². The van der Waals surface area contributed by atoms with Crippen molar-refractivity contribution >= 4 is 5.71 Å². The first-order chi connectivity index (χ1) is 14.9. The summed E-state index contributed by atoms with van der Waals surface area (Å²) >= 11 is 0. The summed E-state index contributed by atoms with van der Waals surface area (Å²) in [6.45, 7) is 11.1. The summed E-state index contributed by atoms with van der Waals surface area (Å²) in [6, 6.07) is 0.391. The Hall–Kier alpha value is -0.890. The van der Waals surface area contributed by atoms with Gasteiger partial charge in [-0.2, -0.15) is 0 Å². The SMILES string of the molecule is CC(C)C1CCN=C1CC(C)C1CCC2C3=CC[C@H]4C[C@H](N)CC=C4CC3CC[C@@]21C. The fraction of sp³-hybridized carbons (Fsp3) is 0.828. The summed E-state index contributed by atoms with van der Waals surface area (Å²) in [5.74, 6) is 5.53. The maximum Gasteiger partial charge on any atom is 0.0395 e. The standard InChI is InChI=1S/C29H46N2/c1-18(2)24-12-14-31-28(24)15-19(3)26-9-10-27-25-8-6-21-17-23(30)7-5-20(21)16-22(25)11-13-29(26,27)4/h5,8,18-19,21-24,26-27H,6-7,9-17,30H2,1-4H3/t19?,21-,22?,23+,24?,26?,27?,29+/m0/s1.